The van der Waals surface area contributed by atoms with Gasteiger partial charge in [0.25, 0.3) is 0 Å². The average molecular weight is 401 g/mol. The van der Waals surface area contributed by atoms with Crippen molar-refractivity contribution in [3.8, 4) is 11.4 Å². The van der Waals surface area contributed by atoms with E-state index in [-0.39, 0.29) is 0 Å². The standard InChI is InChI=1S/C13H15Br2N5/c1-8-7-20(5-4-16-8)13-17-12(18-19-13)10-6-9(14)2-3-11(10)15/h2-3,6,8,16H,4-5,7H2,1H3,(H,17,18,19)/t8-/m0/s1. The molecule has 1 fully saturated rings. The van der Waals surface area contributed by atoms with Gasteiger partial charge in [-0.3, -0.25) is 5.10 Å². The molecular formula is C13H15Br2N5. The van der Waals surface area contributed by atoms with Crippen LogP contribution in [0.5, 0.6) is 0 Å². The molecule has 0 unspecified atom stereocenters. The summed E-state index contributed by atoms with van der Waals surface area (Å²) in [6, 6.07) is 6.47. The largest absolute Gasteiger partial charge is 0.337 e. The van der Waals surface area contributed by atoms with Gasteiger partial charge in [-0.15, -0.1) is 5.10 Å². The van der Waals surface area contributed by atoms with Gasteiger partial charge < -0.3 is 10.2 Å². The second-order valence-corrected chi connectivity index (χ2v) is 6.68. The molecule has 2 aromatic rings. The summed E-state index contributed by atoms with van der Waals surface area (Å²) >= 11 is 7.03. The molecule has 1 atom stereocenters. The van der Waals surface area contributed by atoms with Crippen LogP contribution in [-0.4, -0.2) is 40.9 Å². The summed E-state index contributed by atoms with van der Waals surface area (Å²) < 4.78 is 2.02. The molecule has 7 heteroatoms. The summed E-state index contributed by atoms with van der Waals surface area (Å²) in [5, 5.41) is 10.8. The molecule has 0 radical (unpaired) electrons. The molecule has 1 saturated heterocycles. The Hall–Kier alpha value is -0.920. The van der Waals surface area contributed by atoms with E-state index in [1.165, 1.54) is 0 Å². The molecule has 3 rings (SSSR count). The molecule has 0 bridgehead atoms. The van der Waals surface area contributed by atoms with E-state index in [1.807, 2.05) is 18.2 Å². The van der Waals surface area contributed by atoms with Crippen molar-refractivity contribution in [1.82, 2.24) is 20.5 Å². The quantitative estimate of drug-likeness (QED) is 0.813. The lowest BCUT2D eigenvalue weighted by molar-refractivity contribution is 0.480. The van der Waals surface area contributed by atoms with Crippen LogP contribution in [0.25, 0.3) is 11.4 Å². The third-order valence-corrected chi connectivity index (χ3v) is 4.49. The Labute approximate surface area is 134 Å². The van der Waals surface area contributed by atoms with Gasteiger partial charge in [-0.1, -0.05) is 31.9 Å². The smallest absolute Gasteiger partial charge is 0.245 e. The molecule has 106 valence electrons. The third-order valence-electron chi connectivity index (χ3n) is 3.31. The van der Waals surface area contributed by atoms with Crippen molar-refractivity contribution in [1.29, 1.82) is 0 Å². The molecule has 0 saturated carbocycles. The maximum absolute atomic E-state index is 4.62. The first kappa shape index (κ1) is 14.0. The number of hydrogen-bond donors (Lipinski definition) is 2. The van der Waals surface area contributed by atoms with Crippen molar-refractivity contribution < 1.29 is 0 Å². The number of halogens is 2. The molecule has 20 heavy (non-hydrogen) atoms. The van der Waals surface area contributed by atoms with E-state index in [1.54, 1.807) is 0 Å². The molecule has 0 aliphatic carbocycles. The van der Waals surface area contributed by atoms with Gasteiger partial charge in [0.05, 0.1) is 0 Å². The Morgan fingerprint density at radius 2 is 2.20 bits per heavy atom. The monoisotopic (exact) mass is 399 g/mol. The minimum absolute atomic E-state index is 0.461. The maximum atomic E-state index is 4.62. The van der Waals surface area contributed by atoms with E-state index >= 15 is 0 Å². The van der Waals surface area contributed by atoms with Gasteiger partial charge in [0.2, 0.25) is 5.95 Å². The zero-order valence-corrected chi connectivity index (χ0v) is 14.2. The molecule has 0 amide bonds. The van der Waals surface area contributed by atoms with Gasteiger partial charge in [0, 0.05) is 40.2 Å². The molecule has 1 aliphatic rings. The van der Waals surface area contributed by atoms with Crippen molar-refractivity contribution in [2.24, 2.45) is 0 Å². The SMILES string of the molecule is C[C@H]1CN(c2n[nH]c(-c3cc(Br)ccc3Br)n2)CCN1. The Bertz CT molecular complexity index is 613. The number of rotatable bonds is 2. The number of piperazine rings is 1. The first-order chi connectivity index (χ1) is 9.63. The Balaban J connectivity index is 1.88. The van der Waals surface area contributed by atoms with Crippen LogP contribution < -0.4 is 10.2 Å². The lowest BCUT2D eigenvalue weighted by Gasteiger charge is -2.30. The molecule has 1 aromatic carbocycles. The minimum Gasteiger partial charge on any atom is -0.337 e. The van der Waals surface area contributed by atoms with E-state index in [9.17, 15) is 0 Å². The van der Waals surface area contributed by atoms with Crippen LogP contribution in [0.1, 0.15) is 6.92 Å². The molecule has 1 aliphatic heterocycles. The van der Waals surface area contributed by atoms with Crippen LogP contribution in [0.4, 0.5) is 5.95 Å². The second kappa shape index (κ2) is 5.83. The number of hydrogen-bond acceptors (Lipinski definition) is 4. The van der Waals surface area contributed by atoms with Gasteiger partial charge in [0.15, 0.2) is 5.82 Å². The topological polar surface area (TPSA) is 56.8 Å². The number of benzene rings is 1. The summed E-state index contributed by atoms with van der Waals surface area (Å²) in [7, 11) is 0. The summed E-state index contributed by atoms with van der Waals surface area (Å²) in [5.74, 6) is 1.54. The van der Waals surface area contributed by atoms with Crippen LogP contribution >= 0.6 is 31.9 Å². The Morgan fingerprint density at radius 3 is 3.00 bits per heavy atom. The lowest BCUT2D eigenvalue weighted by atomic mass is 10.2. The van der Waals surface area contributed by atoms with E-state index < -0.39 is 0 Å². The zero-order valence-electron chi connectivity index (χ0n) is 11.0. The number of H-pyrrole nitrogens is 1. The summed E-state index contributed by atoms with van der Waals surface area (Å²) in [6.45, 7) is 4.99. The number of nitrogens with one attached hydrogen (secondary N) is 2. The fraction of sp³-hybridized carbons (Fsp3) is 0.385. The summed E-state index contributed by atoms with van der Waals surface area (Å²) in [6.07, 6.45) is 0. The highest BCUT2D eigenvalue weighted by molar-refractivity contribution is 9.11. The fourth-order valence-corrected chi connectivity index (χ4v) is 3.10. The van der Waals surface area contributed by atoms with E-state index in [2.05, 4.69) is 64.2 Å². The van der Waals surface area contributed by atoms with E-state index in [4.69, 9.17) is 0 Å². The van der Waals surface area contributed by atoms with Crippen molar-refractivity contribution in [2.45, 2.75) is 13.0 Å². The first-order valence-corrected chi connectivity index (χ1v) is 8.08. The molecule has 2 N–H and O–H groups in total. The molecule has 5 nitrogen and oxygen atoms in total. The highest BCUT2D eigenvalue weighted by Crippen LogP contribution is 2.29. The van der Waals surface area contributed by atoms with Gasteiger partial charge in [-0.2, -0.15) is 4.98 Å². The van der Waals surface area contributed by atoms with Crippen molar-refractivity contribution in [3.05, 3.63) is 27.1 Å². The van der Waals surface area contributed by atoms with Gasteiger partial charge in [0.1, 0.15) is 0 Å². The Morgan fingerprint density at radius 1 is 1.35 bits per heavy atom. The highest BCUT2D eigenvalue weighted by Gasteiger charge is 2.20. The molecular weight excluding hydrogens is 386 g/mol. The van der Waals surface area contributed by atoms with Crippen molar-refractivity contribution >= 4 is 37.8 Å². The third kappa shape index (κ3) is 2.89. The first-order valence-electron chi connectivity index (χ1n) is 6.49. The second-order valence-electron chi connectivity index (χ2n) is 4.91. The van der Waals surface area contributed by atoms with Gasteiger partial charge in [-0.05, 0) is 25.1 Å². The fourth-order valence-electron chi connectivity index (χ4n) is 2.31. The molecule has 1 aromatic heterocycles. The number of aromatic amines is 1. The summed E-state index contributed by atoms with van der Waals surface area (Å²) in [4.78, 5) is 6.82. The van der Waals surface area contributed by atoms with Crippen LogP contribution in [0, 0.1) is 0 Å². The highest BCUT2D eigenvalue weighted by atomic mass is 79.9. The van der Waals surface area contributed by atoms with Crippen molar-refractivity contribution in [2.75, 3.05) is 24.5 Å². The average Bonchev–Trinajstić information content (AvgIpc) is 2.91. The van der Waals surface area contributed by atoms with E-state index in [0.717, 1.165) is 45.9 Å². The van der Waals surface area contributed by atoms with Gasteiger partial charge in [-0.25, -0.2) is 0 Å². The minimum atomic E-state index is 0.461. The Kier molecular flexibility index (Phi) is 4.09. The van der Waals surface area contributed by atoms with E-state index in [0.29, 0.717) is 6.04 Å². The summed E-state index contributed by atoms with van der Waals surface area (Å²) in [5.41, 5.74) is 1.00. The van der Waals surface area contributed by atoms with Gasteiger partial charge >= 0.3 is 0 Å². The predicted molar refractivity (Wildman–Crippen MR) is 86.9 cm³/mol. The lowest BCUT2D eigenvalue weighted by Crippen LogP contribution is -2.49. The molecule has 0 spiro atoms. The van der Waals surface area contributed by atoms with Crippen LogP contribution in [0.3, 0.4) is 0 Å². The normalized spacial score (nSPS) is 19.4. The number of aromatic nitrogens is 3. The van der Waals surface area contributed by atoms with Crippen LogP contribution in [-0.2, 0) is 0 Å². The zero-order chi connectivity index (χ0) is 14.1. The molecule has 2 heterocycles. The number of anilines is 1. The maximum Gasteiger partial charge on any atom is 0.245 e. The van der Waals surface area contributed by atoms with Crippen LogP contribution in [0.2, 0.25) is 0 Å². The predicted octanol–water partition coefficient (Wildman–Crippen LogP) is 2.79. The van der Waals surface area contributed by atoms with Crippen molar-refractivity contribution in [3.63, 3.8) is 0 Å². The number of nitrogens with zero attached hydrogens (tertiary/aromatic N) is 3. The van der Waals surface area contributed by atoms with Crippen LogP contribution in [0.15, 0.2) is 27.1 Å².